The molecule has 1 aliphatic carbocycles. The highest BCUT2D eigenvalue weighted by Crippen LogP contribution is 2.62. The molecule has 3 nitrogen and oxygen atoms in total. The molecule has 2 aliphatic rings. The lowest BCUT2D eigenvalue weighted by molar-refractivity contribution is 0.436. The lowest BCUT2D eigenvalue weighted by atomic mass is 9.66. The number of fused-ring (bicyclic) bond motifs is 12. The molecule has 2 heterocycles. The van der Waals surface area contributed by atoms with Crippen molar-refractivity contribution in [3.63, 3.8) is 0 Å². The van der Waals surface area contributed by atoms with Crippen molar-refractivity contribution in [2.24, 2.45) is 0 Å². The summed E-state index contributed by atoms with van der Waals surface area (Å²) < 4.78 is 13.2. The Morgan fingerprint density at radius 1 is 0.391 bits per heavy atom. The third kappa shape index (κ3) is 3.37. The first kappa shape index (κ1) is 25.3. The Kier molecular flexibility index (Phi) is 5.20. The summed E-state index contributed by atoms with van der Waals surface area (Å²) in [5.74, 6) is 1.79. The Labute approximate surface area is 266 Å². The number of para-hydroxylation sites is 4. The molecule has 10 rings (SSSR count). The van der Waals surface area contributed by atoms with Gasteiger partial charge in [0.25, 0.3) is 0 Å². The standard InChI is InChI=1S/C43H27NO2/c1-3-13-28(14-4-1)44(29-15-5-2-6-16-29)30-23-24-32-34-26-38-33(27-42(34)46-41(32)25-30)31-17-7-8-18-35(31)43(38)36-19-9-11-21-39(36)45-40-22-12-10-20-37(40)43/h1-27H. The predicted molar refractivity (Wildman–Crippen MR) is 186 cm³/mol. The van der Waals surface area contributed by atoms with E-state index in [1.807, 2.05) is 0 Å². The topological polar surface area (TPSA) is 25.6 Å². The monoisotopic (exact) mass is 589 g/mol. The molecule has 0 unspecified atom stereocenters. The number of rotatable bonds is 3. The Morgan fingerprint density at radius 3 is 1.63 bits per heavy atom. The molecular weight excluding hydrogens is 562 g/mol. The van der Waals surface area contributed by atoms with E-state index in [2.05, 4.69) is 169 Å². The van der Waals surface area contributed by atoms with E-state index in [-0.39, 0.29) is 0 Å². The molecule has 8 aromatic rings. The normalized spacial score (nSPS) is 13.6. The van der Waals surface area contributed by atoms with Crippen LogP contribution in [-0.2, 0) is 5.41 Å². The minimum Gasteiger partial charge on any atom is -0.457 e. The van der Waals surface area contributed by atoms with Gasteiger partial charge < -0.3 is 14.1 Å². The molecule has 0 N–H and O–H groups in total. The number of benzene rings is 7. The van der Waals surface area contributed by atoms with Crippen LogP contribution in [0.25, 0.3) is 33.1 Å². The van der Waals surface area contributed by atoms with Gasteiger partial charge in [0, 0.05) is 45.0 Å². The third-order valence-electron chi connectivity index (χ3n) is 9.71. The summed E-state index contributed by atoms with van der Waals surface area (Å²) in [6, 6.07) is 58.0. The highest BCUT2D eigenvalue weighted by Gasteiger charge is 2.51. The highest BCUT2D eigenvalue weighted by molar-refractivity contribution is 6.09. The molecule has 0 atom stereocenters. The van der Waals surface area contributed by atoms with Gasteiger partial charge in [-0.25, -0.2) is 0 Å². The van der Waals surface area contributed by atoms with Gasteiger partial charge in [0.05, 0.1) is 5.41 Å². The van der Waals surface area contributed by atoms with Crippen molar-refractivity contribution in [1.82, 2.24) is 0 Å². The molecule has 0 saturated heterocycles. The zero-order valence-electron chi connectivity index (χ0n) is 24.9. The first-order valence-corrected chi connectivity index (χ1v) is 15.7. The van der Waals surface area contributed by atoms with Crippen LogP contribution in [0.1, 0.15) is 22.3 Å². The van der Waals surface area contributed by atoms with Crippen molar-refractivity contribution in [3.8, 4) is 22.6 Å². The summed E-state index contributed by atoms with van der Waals surface area (Å²) in [4.78, 5) is 2.27. The van der Waals surface area contributed by atoms with Crippen molar-refractivity contribution in [2.45, 2.75) is 5.41 Å². The van der Waals surface area contributed by atoms with Crippen molar-refractivity contribution in [3.05, 3.63) is 186 Å². The van der Waals surface area contributed by atoms with Gasteiger partial charge in [-0.05, 0) is 82.9 Å². The molecular formula is C43H27NO2. The maximum Gasteiger partial charge on any atom is 0.137 e. The Balaban J connectivity index is 1.24. The third-order valence-corrected chi connectivity index (χ3v) is 9.71. The summed E-state index contributed by atoms with van der Waals surface area (Å²) in [5, 5.41) is 2.21. The van der Waals surface area contributed by atoms with E-state index < -0.39 is 5.41 Å². The van der Waals surface area contributed by atoms with E-state index >= 15 is 0 Å². The zero-order valence-corrected chi connectivity index (χ0v) is 24.9. The van der Waals surface area contributed by atoms with E-state index in [0.717, 1.165) is 61.6 Å². The summed E-state index contributed by atoms with van der Waals surface area (Å²) in [6.45, 7) is 0. The van der Waals surface area contributed by atoms with Crippen molar-refractivity contribution >= 4 is 39.0 Å². The minimum absolute atomic E-state index is 0.507. The fourth-order valence-corrected chi connectivity index (χ4v) is 7.85. The van der Waals surface area contributed by atoms with Crippen LogP contribution in [-0.4, -0.2) is 0 Å². The summed E-state index contributed by atoms with van der Waals surface area (Å²) in [7, 11) is 0. The van der Waals surface area contributed by atoms with Crippen LogP contribution >= 0.6 is 0 Å². The van der Waals surface area contributed by atoms with Crippen LogP contribution in [0.4, 0.5) is 17.1 Å². The van der Waals surface area contributed by atoms with Crippen LogP contribution < -0.4 is 9.64 Å². The number of hydrogen-bond donors (Lipinski definition) is 0. The molecule has 1 aromatic heterocycles. The zero-order chi connectivity index (χ0) is 30.2. The minimum atomic E-state index is -0.507. The van der Waals surface area contributed by atoms with Gasteiger partial charge in [0.2, 0.25) is 0 Å². The number of hydrogen-bond acceptors (Lipinski definition) is 3. The molecule has 46 heavy (non-hydrogen) atoms. The number of ether oxygens (including phenoxy) is 1. The maximum atomic E-state index is 6.72. The summed E-state index contributed by atoms with van der Waals surface area (Å²) >= 11 is 0. The summed E-state index contributed by atoms with van der Waals surface area (Å²) in [5.41, 5.74) is 11.8. The molecule has 216 valence electrons. The molecule has 0 saturated carbocycles. The van der Waals surface area contributed by atoms with Gasteiger partial charge >= 0.3 is 0 Å². The van der Waals surface area contributed by atoms with Crippen molar-refractivity contribution in [1.29, 1.82) is 0 Å². The van der Waals surface area contributed by atoms with E-state index in [4.69, 9.17) is 9.15 Å². The predicted octanol–water partition coefficient (Wildman–Crippen LogP) is 11.5. The second-order valence-corrected chi connectivity index (χ2v) is 12.1. The first-order valence-electron chi connectivity index (χ1n) is 15.7. The smallest absolute Gasteiger partial charge is 0.137 e. The quantitative estimate of drug-likeness (QED) is 0.205. The maximum absolute atomic E-state index is 6.72. The van der Waals surface area contributed by atoms with Gasteiger partial charge in [-0.2, -0.15) is 0 Å². The second kappa shape index (κ2) is 9.47. The molecule has 1 spiro atoms. The van der Waals surface area contributed by atoms with Crippen LogP contribution in [0.2, 0.25) is 0 Å². The Morgan fingerprint density at radius 2 is 0.957 bits per heavy atom. The van der Waals surface area contributed by atoms with Gasteiger partial charge in [-0.3, -0.25) is 0 Å². The van der Waals surface area contributed by atoms with Crippen molar-refractivity contribution < 1.29 is 9.15 Å². The lowest BCUT2D eigenvalue weighted by Gasteiger charge is -2.39. The molecule has 7 aromatic carbocycles. The molecule has 0 amide bonds. The molecule has 0 radical (unpaired) electrons. The average molecular weight is 590 g/mol. The van der Waals surface area contributed by atoms with Gasteiger partial charge in [0.1, 0.15) is 22.7 Å². The number of furan rings is 1. The highest BCUT2D eigenvalue weighted by atomic mass is 16.5. The van der Waals surface area contributed by atoms with E-state index in [1.165, 1.54) is 22.3 Å². The molecule has 1 aliphatic heterocycles. The van der Waals surface area contributed by atoms with Crippen LogP contribution in [0.15, 0.2) is 168 Å². The Bertz CT molecular complexity index is 2370. The SMILES string of the molecule is c1ccc(N(c2ccccc2)c2ccc3c(c2)oc2cc4c(cc23)C2(c3ccccc3Oc3ccccc32)c2ccccc2-4)cc1. The van der Waals surface area contributed by atoms with Gasteiger partial charge in [0.15, 0.2) is 0 Å². The van der Waals surface area contributed by atoms with Gasteiger partial charge in [-0.1, -0.05) is 97.1 Å². The second-order valence-electron chi connectivity index (χ2n) is 12.1. The fourth-order valence-electron chi connectivity index (χ4n) is 7.85. The first-order chi connectivity index (χ1) is 22.8. The number of nitrogens with zero attached hydrogens (tertiary/aromatic N) is 1. The summed E-state index contributed by atoms with van der Waals surface area (Å²) in [6.07, 6.45) is 0. The molecule has 0 bridgehead atoms. The molecule has 0 fully saturated rings. The van der Waals surface area contributed by atoms with E-state index in [9.17, 15) is 0 Å². The lowest BCUT2D eigenvalue weighted by Crippen LogP contribution is -2.32. The fraction of sp³-hybridized carbons (Fsp3) is 0.0233. The van der Waals surface area contributed by atoms with Crippen LogP contribution in [0.5, 0.6) is 11.5 Å². The van der Waals surface area contributed by atoms with E-state index in [0.29, 0.717) is 0 Å². The molecule has 3 heteroatoms. The Hall–Kier alpha value is -6.06. The van der Waals surface area contributed by atoms with Crippen LogP contribution in [0, 0.1) is 0 Å². The largest absolute Gasteiger partial charge is 0.457 e. The average Bonchev–Trinajstić information content (AvgIpc) is 3.61. The van der Waals surface area contributed by atoms with Crippen LogP contribution in [0.3, 0.4) is 0 Å². The number of anilines is 3. The van der Waals surface area contributed by atoms with Crippen molar-refractivity contribution in [2.75, 3.05) is 4.90 Å². The van der Waals surface area contributed by atoms with E-state index in [1.54, 1.807) is 0 Å². The van der Waals surface area contributed by atoms with Gasteiger partial charge in [-0.15, -0.1) is 0 Å².